The second kappa shape index (κ2) is 9.86. The van der Waals surface area contributed by atoms with Crippen molar-refractivity contribution in [3.05, 3.63) is 64.3 Å². The summed E-state index contributed by atoms with van der Waals surface area (Å²) < 4.78 is 6.77. The van der Waals surface area contributed by atoms with Crippen molar-refractivity contribution < 1.29 is 29.3 Å². The van der Waals surface area contributed by atoms with Crippen molar-refractivity contribution in [1.82, 2.24) is 4.57 Å². The van der Waals surface area contributed by atoms with Crippen LogP contribution in [0.2, 0.25) is 5.02 Å². The maximum Gasteiger partial charge on any atom is 0.307 e. The van der Waals surface area contributed by atoms with Crippen LogP contribution in [0.1, 0.15) is 21.6 Å². The molecule has 7 nitrogen and oxygen atoms in total. The Morgan fingerprint density at radius 3 is 2.31 bits per heavy atom. The third kappa shape index (κ3) is 5.01. The maximum absolute atomic E-state index is 13.0. The molecule has 8 heteroatoms. The number of carboxylic acids is 1. The first-order valence-electron chi connectivity index (χ1n) is 8.58. The Bertz CT molecular complexity index is 1040. The highest BCUT2D eigenvalue weighted by molar-refractivity contribution is 6.30. The molecule has 0 aliphatic carbocycles. The molecule has 3 aromatic rings. The molecule has 0 amide bonds. The number of carboxylic acid groups (broad SMARTS) is 1. The third-order valence-corrected chi connectivity index (χ3v) is 4.49. The van der Waals surface area contributed by atoms with Gasteiger partial charge in [-0.2, -0.15) is 0 Å². The minimum absolute atomic E-state index is 0.170. The first-order valence-corrected chi connectivity index (χ1v) is 8.96. The van der Waals surface area contributed by atoms with Crippen molar-refractivity contribution in [2.24, 2.45) is 0 Å². The molecule has 2 N–H and O–H groups in total. The van der Waals surface area contributed by atoms with E-state index in [-0.39, 0.29) is 18.9 Å². The van der Waals surface area contributed by atoms with E-state index in [0.29, 0.717) is 44.8 Å². The minimum atomic E-state index is -0.955. The van der Waals surface area contributed by atoms with Crippen LogP contribution in [0.25, 0.3) is 10.9 Å². The maximum atomic E-state index is 13.0. The fourth-order valence-corrected chi connectivity index (χ4v) is 3.07. The lowest BCUT2D eigenvalue weighted by Crippen LogP contribution is -2.14. The number of aliphatic hydroxyl groups excluding tert-OH is 1. The topological polar surface area (TPSA) is 106 Å². The highest BCUT2D eigenvalue weighted by atomic mass is 35.5. The van der Waals surface area contributed by atoms with Gasteiger partial charge in [-0.25, -0.2) is 0 Å². The first-order chi connectivity index (χ1) is 13.8. The van der Waals surface area contributed by atoms with E-state index in [1.54, 1.807) is 56.5 Å². The lowest BCUT2D eigenvalue weighted by molar-refractivity contribution is -0.136. The van der Waals surface area contributed by atoms with Crippen molar-refractivity contribution >= 4 is 40.7 Å². The summed E-state index contributed by atoms with van der Waals surface area (Å²) >= 11 is 5.89. The van der Waals surface area contributed by atoms with Crippen LogP contribution in [-0.4, -0.2) is 46.7 Å². The SMILES string of the molecule is COc1ccc2c(c1)c(CC(=O)O)c(C)n2C(=O)c1ccc(Cl)cc1.O=CCO. The van der Waals surface area contributed by atoms with Gasteiger partial charge < -0.3 is 19.7 Å². The molecule has 0 spiro atoms. The molecule has 152 valence electrons. The Balaban J connectivity index is 0.000000687. The number of benzene rings is 2. The number of nitrogens with zero attached hydrogens (tertiary/aromatic N) is 1. The van der Waals surface area contributed by atoms with Crippen molar-refractivity contribution in [3.8, 4) is 5.75 Å². The molecule has 0 saturated heterocycles. The Hall–Kier alpha value is -3.16. The van der Waals surface area contributed by atoms with Crippen LogP contribution in [0.15, 0.2) is 42.5 Å². The van der Waals surface area contributed by atoms with Gasteiger partial charge in [-0.15, -0.1) is 0 Å². The van der Waals surface area contributed by atoms with Gasteiger partial charge in [0.25, 0.3) is 5.91 Å². The van der Waals surface area contributed by atoms with Gasteiger partial charge >= 0.3 is 5.97 Å². The molecule has 0 aliphatic heterocycles. The van der Waals surface area contributed by atoms with Crippen LogP contribution in [0.3, 0.4) is 0 Å². The number of ether oxygens (including phenoxy) is 1. The second-order valence-electron chi connectivity index (χ2n) is 6.01. The molecule has 2 aromatic carbocycles. The zero-order valence-corrected chi connectivity index (χ0v) is 16.6. The Morgan fingerprint density at radius 2 is 1.79 bits per heavy atom. The number of carbonyl (C=O) groups excluding carboxylic acids is 2. The number of methoxy groups -OCH3 is 1. The third-order valence-electron chi connectivity index (χ3n) is 4.24. The average Bonchev–Trinajstić information content (AvgIpc) is 2.98. The summed E-state index contributed by atoms with van der Waals surface area (Å²) in [5, 5.41) is 18.0. The quantitative estimate of drug-likeness (QED) is 0.618. The van der Waals surface area contributed by atoms with Gasteiger partial charge in [-0.05, 0) is 55.0 Å². The molecule has 0 aliphatic rings. The fraction of sp³-hybridized carbons (Fsp3) is 0.190. The number of hydrogen-bond donors (Lipinski definition) is 2. The average molecular weight is 418 g/mol. The number of aldehydes is 1. The van der Waals surface area contributed by atoms with E-state index >= 15 is 0 Å². The largest absolute Gasteiger partial charge is 0.497 e. The smallest absolute Gasteiger partial charge is 0.307 e. The van der Waals surface area contributed by atoms with E-state index in [4.69, 9.17) is 26.2 Å². The van der Waals surface area contributed by atoms with Crippen LogP contribution in [-0.2, 0) is 16.0 Å². The fourth-order valence-electron chi connectivity index (χ4n) is 2.95. The van der Waals surface area contributed by atoms with Crippen LogP contribution in [0.4, 0.5) is 0 Å². The van der Waals surface area contributed by atoms with E-state index in [2.05, 4.69) is 0 Å². The van der Waals surface area contributed by atoms with Gasteiger partial charge in [0.2, 0.25) is 0 Å². The van der Waals surface area contributed by atoms with Crippen molar-refractivity contribution in [1.29, 1.82) is 0 Å². The molecule has 0 atom stereocenters. The minimum Gasteiger partial charge on any atom is -0.497 e. The number of rotatable bonds is 5. The summed E-state index contributed by atoms with van der Waals surface area (Å²) in [6.07, 6.45) is 0.260. The van der Waals surface area contributed by atoms with Gasteiger partial charge in [0.15, 0.2) is 0 Å². The molecular formula is C21H20ClNO6. The molecule has 29 heavy (non-hydrogen) atoms. The predicted octanol–water partition coefficient (Wildman–Crippen LogP) is 3.10. The van der Waals surface area contributed by atoms with Gasteiger partial charge in [-0.3, -0.25) is 14.2 Å². The summed E-state index contributed by atoms with van der Waals surface area (Å²) in [4.78, 5) is 33.2. The Kier molecular flexibility index (Phi) is 7.52. The van der Waals surface area contributed by atoms with Gasteiger partial charge in [-0.1, -0.05) is 11.6 Å². The van der Waals surface area contributed by atoms with Gasteiger partial charge in [0, 0.05) is 21.7 Å². The van der Waals surface area contributed by atoms with E-state index in [9.17, 15) is 14.7 Å². The van der Waals surface area contributed by atoms with Crippen LogP contribution in [0.5, 0.6) is 5.75 Å². The Labute approximate surface area is 172 Å². The lowest BCUT2D eigenvalue weighted by atomic mass is 10.1. The van der Waals surface area contributed by atoms with E-state index < -0.39 is 5.97 Å². The van der Waals surface area contributed by atoms with E-state index in [0.717, 1.165) is 0 Å². The number of carbonyl (C=O) groups is 3. The summed E-state index contributed by atoms with van der Waals surface area (Å²) in [6.45, 7) is 1.39. The summed E-state index contributed by atoms with van der Waals surface area (Å²) in [6, 6.07) is 11.9. The summed E-state index contributed by atoms with van der Waals surface area (Å²) in [5.41, 5.74) is 2.32. The molecule has 1 heterocycles. The number of aliphatic carboxylic acids is 1. The number of fused-ring (bicyclic) bond motifs is 1. The van der Waals surface area contributed by atoms with E-state index in [1.165, 1.54) is 4.57 Å². The standard InChI is InChI=1S/C19H16ClNO4.C2H4O2/c1-11-15(10-18(22)23)16-9-14(25-2)7-8-17(16)21(11)19(24)12-3-5-13(20)6-4-12;3-1-2-4/h3-9H,10H2,1-2H3,(H,22,23);1,4H,2H2. The van der Waals surface area contributed by atoms with Gasteiger partial charge in [0.05, 0.1) is 25.7 Å². The van der Waals surface area contributed by atoms with Crippen LogP contribution >= 0.6 is 11.6 Å². The highest BCUT2D eigenvalue weighted by Gasteiger charge is 2.21. The van der Waals surface area contributed by atoms with Crippen molar-refractivity contribution in [3.63, 3.8) is 0 Å². The number of aromatic nitrogens is 1. The van der Waals surface area contributed by atoms with Crippen LogP contribution < -0.4 is 4.74 Å². The zero-order valence-electron chi connectivity index (χ0n) is 15.9. The molecular weight excluding hydrogens is 398 g/mol. The van der Waals surface area contributed by atoms with Gasteiger partial charge in [0.1, 0.15) is 12.0 Å². The predicted molar refractivity (Wildman–Crippen MR) is 109 cm³/mol. The number of aliphatic hydroxyl groups is 1. The summed E-state index contributed by atoms with van der Waals surface area (Å²) in [7, 11) is 1.54. The summed E-state index contributed by atoms with van der Waals surface area (Å²) in [5.74, 6) is -0.583. The molecule has 0 bridgehead atoms. The normalized spacial score (nSPS) is 10.2. The molecule has 0 saturated carbocycles. The first kappa shape index (κ1) is 22.1. The van der Waals surface area contributed by atoms with Crippen molar-refractivity contribution in [2.45, 2.75) is 13.3 Å². The number of hydrogen-bond acceptors (Lipinski definition) is 5. The van der Waals surface area contributed by atoms with E-state index in [1.807, 2.05) is 0 Å². The molecule has 0 radical (unpaired) electrons. The van der Waals surface area contributed by atoms with Crippen LogP contribution in [0, 0.1) is 6.92 Å². The monoisotopic (exact) mass is 417 g/mol. The second-order valence-corrected chi connectivity index (χ2v) is 6.45. The highest BCUT2D eigenvalue weighted by Crippen LogP contribution is 2.30. The van der Waals surface area contributed by atoms with Crippen molar-refractivity contribution in [2.75, 3.05) is 13.7 Å². The molecule has 0 unspecified atom stereocenters. The number of halogens is 1. The lowest BCUT2D eigenvalue weighted by Gasteiger charge is -2.08. The zero-order chi connectivity index (χ0) is 21.6. The Morgan fingerprint density at radius 1 is 1.17 bits per heavy atom. The molecule has 3 rings (SSSR count). The molecule has 0 fully saturated rings. The molecule has 1 aromatic heterocycles.